The highest BCUT2D eigenvalue weighted by atomic mass is 16.2. The molecular formula is C24H25N5O2. The Balaban J connectivity index is 1.29. The normalized spacial score (nSPS) is 17.9. The van der Waals surface area contributed by atoms with Gasteiger partial charge in [0.25, 0.3) is 5.91 Å². The second-order valence-electron chi connectivity index (χ2n) is 7.71. The first-order valence-electron chi connectivity index (χ1n) is 10.2. The van der Waals surface area contributed by atoms with Gasteiger partial charge in [-0.3, -0.25) is 9.59 Å². The number of nitrogens with one attached hydrogen (secondary N) is 3. The van der Waals surface area contributed by atoms with Crippen LogP contribution in [0.2, 0.25) is 0 Å². The van der Waals surface area contributed by atoms with E-state index in [1.165, 1.54) is 5.56 Å². The van der Waals surface area contributed by atoms with Gasteiger partial charge < -0.3 is 21.7 Å². The number of carbonyl (C=O) groups is 2. The van der Waals surface area contributed by atoms with Crippen LogP contribution >= 0.6 is 0 Å². The summed E-state index contributed by atoms with van der Waals surface area (Å²) in [5, 5.41) is 10.5. The number of aromatic nitrogens is 1. The van der Waals surface area contributed by atoms with Gasteiger partial charge in [-0.2, -0.15) is 0 Å². The number of rotatable bonds is 6. The van der Waals surface area contributed by atoms with E-state index < -0.39 is 5.91 Å². The van der Waals surface area contributed by atoms with Gasteiger partial charge in [0.1, 0.15) is 5.82 Å². The Morgan fingerprint density at radius 1 is 1.16 bits per heavy atom. The maximum absolute atomic E-state index is 12.6. The number of hydrogen-bond donors (Lipinski definition) is 4. The van der Waals surface area contributed by atoms with Gasteiger partial charge in [-0.1, -0.05) is 49.0 Å². The highest BCUT2D eigenvalue weighted by Crippen LogP contribution is 2.25. The molecule has 0 radical (unpaired) electrons. The van der Waals surface area contributed by atoms with E-state index in [-0.39, 0.29) is 23.6 Å². The SMILES string of the molecule is C=C(NC(=O)[C@H]1C[C@@H](c2ccccc2)CN1)C(=O)NCc1ccc2c(N)nccc2c1. The molecule has 0 unspecified atom stereocenters. The number of nitrogens with two attached hydrogens (primary N) is 1. The summed E-state index contributed by atoms with van der Waals surface area (Å²) in [6.07, 6.45) is 2.33. The van der Waals surface area contributed by atoms with Crippen LogP contribution in [0.25, 0.3) is 10.8 Å². The minimum absolute atomic E-state index is 0.0317. The molecule has 2 heterocycles. The average Bonchev–Trinajstić information content (AvgIpc) is 3.28. The van der Waals surface area contributed by atoms with Crippen molar-refractivity contribution >= 4 is 28.4 Å². The van der Waals surface area contributed by atoms with Gasteiger partial charge in [-0.15, -0.1) is 0 Å². The first-order chi connectivity index (χ1) is 15.0. The van der Waals surface area contributed by atoms with Gasteiger partial charge in [-0.25, -0.2) is 4.98 Å². The smallest absolute Gasteiger partial charge is 0.267 e. The van der Waals surface area contributed by atoms with E-state index in [1.807, 2.05) is 42.5 Å². The van der Waals surface area contributed by atoms with Crippen LogP contribution in [0.3, 0.4) is 0 Å². The Labute approximate surface area is 180 Å². The van der Waals surface area contributed by atoms with Crippen molar-refractivity contribution < 1.29 is 9.59 Å². The maximum Gasteiger partial charge on any atom is 0.267 e. The van der Waals surface area contributed by atoms with Crippen LogP contribution in [0, 0.1) is 0 Å². The van der Waals surface area contributed by atoms with Crippen LogP contribution in [-0.4, -0.2) is 29.4 Å². The molecular weight excluding hydrogens is 390 g/mol. The third-order valence-corrected chi connectivity index (χ3v) is 5.58. The van der Waals surface area contributed by atoms with Gasteiger partial charge in [0.05, 0.1) is 11.7 Å². The molecule has 1 aliphatic rings. The van der Waals surface area contributed by atoms with E-state index >= 15 is 0 Å². The lowest BCUT2D eigenvalue weighted by molar-refractivity contribution is -0.125. The van der Waals surface area contributed by atoms with E-state index in [2.05, 4.69) is 39.6 Å². The quantitative estimate of drug-likeness (QED) is 0.462. The fourth-order valence-electron chi connectivity index (χ4n) is 3.86. The van der Waals surface area contributed by atoms with Crippen molar-refractivity contribution in [2.45, 2.75) is 24.9 Å². The van der Waals surface area contributed by atoms with Crippen LogP contribution in [0.5, 0.6) is 0 Å². The zero-order chi connectivity index (χ0) is 21.8. The molecule has 2 atom stereocenters. The van der Waals surface area contributed by atoms with Crippen LogP contribution in [0.4, 0.5) is 5.82 Å². The van der Waals surface area contributed by atoms with E-state index in [0.29, 0.717) is 18.8 Å². The molecule has 0 bridgehead atoms. The van der Waals surface area contributed by atoms with E-state index in [4.69, 9.17) is 5.73 Å². The molecule has 2 aromatic carbocycles. The molecule has 0 aliphatic carbocycles. The molecule has 2 amide bonds. The number of anilines is 1. The van der Waals surface area contributed by atoms with Gasteiger partial charge in [-0.05, 0) is 41.0 Å². The molecule has 1 saturated heterocycles. The van der Waals surface area contributed by atoms with E-state index in [1.54, 1.807) is 6.20 Å². The Kier molecular flexibility index (Phi) is 5.95. The summed E-state index contributed by atoms with van der Waals surface area (Å²) in [4.78, 5) is 29.0. The largest absolute Gasteiger partial charge is 0.383 e. The first kappa shape index (κ1) is 20.6. The summed E-state index contributed by atoms with van der Waals surface area (Å²) in [5.41, 5.74) is 8.02. The van der Waals surface area contributed by atoms with Crippen molar-refractivity contribution in [3.63, 3.8) is 0 Å². The first-order valence-corrected chi connectivity index (χ1v) is 10.2. The highest BCUT2D eigenvalue weighted by molar-refractivity contribution is 5.98. The lowest BCUT2D eigenvalue weighted by Gasteiger charge is -2.14. The molecule has 7 heteroatoms. The van der Waals surface area contributed by atoms with Crippen LogP contribution in [0.1, 0.15) is 23.5 Å². The minimum Gasteiger partial charge on any atom is -0.383 e. The number of carbonyl (C=O) groups excluding carboxylic acids is 2. The van der Waals surface area contributed by atoms with Gasteiger partial charge in [0, 0.05) is 24.7 Å². The van der Waals surface area contributed by atoms with Crippen LogP contribution in [-0.2, 0) is 16.1 Å². The average molecular weight is 415 g/mol. The third kappa shape index (κ3) is 4.73. The molecule has 0 saturated carbocycles. The zero-order valence-electron chi connectivity index (χ0n) is 17.1. The van der Waals surface area contributed by atoms with Crippen molar-refractivity contribution in [1.82, 2.24) is 20.9 Å². The van der Waals surface area contributed by atoms with Crippen LogP contribution < -0.4 is 21.7 Å². The predicted molar refractivity (Wildman–Crippen MR) is 121 cm³/mol. The zero-order valence-corrected chi connectivity index (χ0v) is 17.1. The number of pyridine rings is 1. The van der Waals surface area contributed by atoms with Crippen molar-refractivity contribution in [2.24, 2.45) is 0 Å². The van der Waals surface area contributed by atoms with Gasteiger partial charge in [0.15, 0.2) is 0 Å². The molecule has 3 aromatic rings. The molecule has 31 heavy (non-hydrogen) atoms. The maximum atomic E-state index is 12.6. The second kappa shape index (κ2) is 8.97. The number of benzene rings is 2. The molecule has 1 fully saturated rings. The van der Waals surface area contributed by atoms with Gasteiger partial charge >= 0.3 is 0 Å². The summed E-state index contributed by atoms with van der Waals surface area (Å²) in [6.45, 7) is 4.75. The standard InChI is InChI=1S/C24H25N5O2/c1-15(29-24(31)21-12-19(14-27-21)17-5-3-2-4-6-17)23(30)28-13-16-7-8-20-18(11-16)9-10-26-22(20)25/h2-11,19,21,27H,1,12-14H2,(H2,25,26)(H,28,30)(H,29,31)/t19-,21-/m1/s1. The number of amides is 2. The fraction of sp³-hybridized carbons (Fsp3) is 0.208. The van der Waals surface area contributed by atoms with Crippen molar-refractivity contribution in [3.05, 3.63) is 84.2 Å². The summed E-state index contributed by atoms with van der Waals surface area (Å²) < 4.78 is 0. The summed E-state index contributed by atoms with van der Waals surface area (Å²) >= 11 is 0. The minimum atomic E-state index is -0.416. The number of fused-ring (bicyclic) bond motifs is 1. The Morgan fingerprint density at radius 3 is 2.77 bits per heavy atom. The summed E-state index contributed by atoms with van der Waals surface area (Å²) in [7, 11) is 0. The number of hydrogen-bond acceptors (Lipinski definition) is 5. The molecule has 4 rings (SSSR count). The Bertz CT molecular complexity index is 1130. The van der Waals surface area contributed by atoms with E-state index in [0.717, 1.165) is 22.9 Å². The molecule has 158 valence electrons. The summed E-state index contributed by atoms with van der Waals surface area (Å²) in [6, 6.07) is 17.3. The van der Waals surface area contributed by atoms with Crippen molar-refractivity contribution in [2.75, 3.05) is 12.3 Å². The fourth-order valence-corrected chi connectivity index (χ4v) is 3.86. The van der Waals surface area contributed by atoms with Crippen molar-refractivity contribution in [3.8, 4) is 0 Å². The highest BCUT2D eigenvalue weighted by Gasteiger charge is 2.30. The third-order valence-electron chi connectivity index (χ3n) is 5.58. The molecule has 5 N–H and O–H groups in total. The summed E-state index contributed by atoms with van der Waals surface area (Å²) in [5.74, 6) is 0.0861. The monoisotopic (exact) mass is 415 g/mol. The Hall–Kier alpha value is -3.71. The van der Waals surface area contributed by atoms with Crippen molar-refractivity contribution in [1.29, 1.82) is 0 Å². The predicted octanol–water partition coefficient (Wildman–Crippen LogP) is 2.21. The topological polar surface area (TPSA) is 109 Å². The lowest BCUT2D eigenvalue weighted by Crippen LogP contribution is -2.43. The van der Waals surface area contributed by atoms with Gasteiger partial charge in [0.2, 0.25) is 5.91 Å². The second-order valence-corrected chi connectivity index (χ2v) is 7.71. The molecule has 1 aromatic heterocycles. The van der Waals surface area contributed by atoms with Crippen LogP contribution in [0.15, 0.2) is 73.1 Å². The van der Waals surface area contributed by atoms with E-state index in [9.17, 15) is 9.59 Å². The molecule has 1 aliphatic heterocycles. The Morgan fingerprint density at radius 2 is 1.97 bits per heavy atom. The number of nitrogen functional groups attached to an aromatic ring is 1. The molecule has 7 nitrogen and oxygen atoms in total. The molecule has 0 spiro atoms. The number of nitrogens with zero attached hydrogens (tertiary/aromatic N) is 1. The lowest BCUT2D eigenvalue weighted by atomic mass is 9.96.